The number of amides is 2. The van der Waals surface area contributed by atoms with Crippen LogP contribution >= 0.6 is 0 Å². The summed E-state index contributed by atoms with van der Waals surface area (Å²) >= 11 is 0. The SMILES string of the molecule is CCn1c(O[C@@H]2C[C@H]3C(=O)C[C@]4(C(=O)NS(=O)(=O)C5(C)CC5)C[C@H]4/C=C\CCCCC[C@H](Cc4ccccc4)C(=O)N3C2)nc2ccccc21. The van der Waals surface area contributed by atoms with E-state index in [0.29, 0.717) is 44.7 Å². The molecule has 1 N–H and O–H groups in total. The Bertz CT molecular complexity index is 1900. The van der Waals surface area contributed by atoms with Crippen LogP contribution in [-0.2, 0) is 37.4 Å². The number of nitrogens with one attached hydrogen (secondary N) is 1. The van der Waals surface area contributed by atoms with Crippen molar-refractivity contribution in [2.45, 2.75) is 108 Å². The van der Waals surface area contributed by atoms with Crippen molar-refractivity contribution in [2.24, 2.45) is 17.3 Å². The fourth-order valence-corrected chi connectivity index (χ4v) is 9.25. The highest BCUT2D eigenvalue weighted by atomic mass is 32.2. The molecule has 3 fully saturated rings. The second-order valence-electron chi connectivity index (χ2n) is 15.1. The number of allylic oxidation sites excluding steroid dienone is 2. The zero-order chi connectivity index (χ0) is 35.1. The van der Waals surface area contributed by atoms with Crippen LogP contribution in [0.2, 0.25) is 0 Å². The molecule has 1 aromatic heterocycles. The summed E-state index contributed by atoms with van der Waals surface area (Å²) in [6.07, 6.45) is 9.99. The number of benzene rings is 2. The van der Waals surface area contributed by atoms with Crippen LogP contribution in [0, 0.1) is 17.3 Å². The molecule has 5 atom stereocenters. The summed E-state index contributed by atoms with van der Waals surface area (Å²) < 4.78 is 36.2. The number of carbonyl (C=O) groups excluding carboxylic acids is 3. The highest BCUT2D eigenvalue weighted by Crippen LogP contribution is 2.57. The molecule has 2 aromatic carbocycles. The number of ether oxygens (including phenoxy) is 1. The maximum Gasteiger partial charge on any atom is 0.297 e. The molecule has 0 bridgehead atoms. The number of aryl methyl sites for hydroxylation is 1. The van der Waals surface area contributed by atoms with Crippen LogP contribution in [0.15, 0.2) is 66.7 Å². The van der Waals surface area contributed by atoms with Gasteiger partial charge in [-0.15, -0.1) is 0 Å². The van der Waals surface area contributed by atoms with E-state index < -0.39 is 38.2 Å². The average Bonchev–Trinajstić information content (AvgIpc) is 3.93. The number of sulfonamides is 1. The van der Waals surface area contributed by atoms with Gasteiger partial charge >= 0.3 is 0 Å². The number of hydrogen-bond donors (Lipinski definition) is 1. The summed E-state index contributed by atoms with van der Waals surface area (Å²) in [5.41, 5.74) is 1.66. The number of ketones is 1. The Labute approximate surface area is 294 Å². The topological polar surface area (TPSA) is 128 Å². The van der Waals surface area contributed by atoms with E-state index in [0.717, 1.165) is 42.3 Å². The van der Waals surface area contributed by atoms with Gasteiger partial charge in [-0.3, -0.25) is 23.7 Å². The first-order valence-corrected chi connectivity index (χ1v) is 19.7. The molecule has 3 heterocycles. The molecule has 50 heavy (non-hydrogen) atoms. The van der Waals surface area contributed by atoms with E-state index in [1.165, 1.54) is 0 Å². The first kappa shape index (κ1) is 34.5. The van der Waals surface area contributed by atoms with Gasteiger partial charge in [-0.2, -0.15) is 4.98 Å². The van der Waals surface area contributed by atoms with Gasteiger partial charge in [0.1, 0.15) is 6.10 Å². The van der Waals surface area contributed by atoms with Gasteiger partial charge in [0.2, 0.25) is 21.8 Å². The van der Waals surface area contributed by atoms with E-state index in [2.05, 4.69) is 10.8 Å². The van der Waals surface area contributed by atoms with Gasteiger partial charge in [-0.25, -0.2) is 8.42 Å². The van der Waals surface area contributed by atoms with Crippen molar-refractivity contribution < 1.29 is 27.5 Å². The van der Waals surface area contributed by atoms with Crippen LogP contribution in [-0.4, -0.2) is 63.9 Å². The van der Waals surface area contributed by atoms with E-state index in [4.69, 9.17) is 9.72 Å². The lowest BCUT2D eigenvalue weighted by molar-refractivity contribution is -0.142. The summed E-state index contributed by atoms with van der Waals surface area (Å²) in [4.78, 5) is 49.4. The van der Waals surface area contributed by atoms with Gasteiger partial charge in [-0.1, -0.05) is 67.5 Å². The fraction of sp³-hybridized carbons (Fsp3) is 0.538. The Balaban J connectivity index is 1.20. The number of imidazole rings is 1. The largest absolute Gasteiger partial charge is 0.459 e. The Morgan fingerprint density at radius 2 is 1.80 bits per heavy atom. The maximum atomic E-state index is 14.6. The summed E-state index contributed by atoms with van der Waals surface area (Å²) in [5.74, 6) is -1.48. The number of Topliss-reactive ketones (excluding diaryl/α,β-unsaturated/α-hetero) is 1. The lowest BCUT2D eigenvalue weighted by Crippen LogP contribution is -2.47. The number of para-hydroxylation sites is 2. The lowest BCUT2D eigenvalue weighted by atomic mass is 9.90. The average molecular weight is 701 g/mol. The molecule has 1 saturated heterocycles. The molecule has 2 aliphatic carbocycles. The molecule has 10 nitrogen and oxygen atoms in total. The van der Waals surface area contributed by atoms with Crippen LogP contribution in [0.1, 0.15) is 83.6 Å². The van der Waals surface area contributed by atoms with Crippen molar-refractivity contribution in [1.29, 1.82) is 0 Å². The minimum atomic E-state index is -3.88. The molecular formula is C39H48N4O6S. The van der Waals surface area contributed by atoms with Crippen molar-refractivity contribution in [2.75, 3.05) is 6.54 Å². The van der Waals surface area contributed by atoms with Gasteiger partial charge < -0.3 is 9.64 Å². The number of fused-ring (bicyclic) bond motifs is 3. The molecule has 0 spiro atoms. The van der Waals surface area contributed by atoms with Crippen molar-refractivity contribution in [3.8, 4) is 6.01 Å². The molecule has 11 heteroatoms. The number of rotatable bonds is 8. The Kier molecular flexibility index (Phi) is 9.39. The lowest BCUT2D eigenvalue weighted by Gasteiger charge is -2.29. The number of hydrogen-bond acceptors (Lipinski definition) is 7. The molecule has 0 unspecified atom stereocenters. The molecule has 2 saturated carbocycles. The standard InChI is InChI=1S/C39H48N4O6S/c1-3-42-32-19-13-12-18-31(32)40-37(42)49-30-23-33-34(44)25-39(36(46)41-50(47,48)38(2)20-21-38)24-29(39)17-11-6-4-5-10-16-28(35(45)43(33)26-30)22-27-14-8-7-9-15-27/h7-9,11-15,17-19,28-30,33H,3-6,10,16,20-26H2,1-2H3,(H,41,46)/b17-11-/t28-,29-,30-,33+,39-/m1/s1. The third-order valence-corrected chi connectivity index (χ3v) is 13.7. The summed E-state index contributed by atoms with van der Waals surface area (Å²) in [6.45, 7) is 4.53. The molecule has 2 aliphatic heterocycles. The van der Waals surface area contributed by atoms with Crippen LogP contribution in [0.3, 0.4) is 0 Å². The van der Waals surface area contributed by atoms with Gasteiger partial charge in [-0.05, 0) is 82.4 Å². The van der Waals surface area contributed by atoms with Gasteiger partial charge in [0, 0.05) is 25.3 Å². The minimum Gasteiger partial charge on any atom is -0.459 e. The number of nitrogens with zero attached hydrogens (tertiary/aromatic N) is 3. The van der Waals surface area contributed by atoms with Crippen LogP contribution < -0.4 is 9.46 Å². The van der Waals surface area contributed by atoms with Crippen molar-refractivity contribution in [3.63, 3.8) is 0 Å². The molecule has 266 valence electrons. The van der Waals surface area contributed by atoms with Gasteiger partial charge in [0.25, 0.3) is 6.01 Å². The monoisotopic (exact) mass is 700 g/mol. The minimum absolute atomic E-state index is 0.0784. The van der Waals surface area contributed by atoms with Crippen LogP contribution in [0.4, 0.5) is 0 Å². The van der Waals surface area contributed by atoms with E-state index in [1.807, 2.05) is 72.2 Å². The molecular weight excluding hydrogens is 653 g/mol. The normalized spacial score (nSPS) is 29.0. The van der Waals surface area contributed by atoms with E-state index in [-0.39, 0.29) is 42.9 Å². The van der Waals surface area contributed by atoms with Gasteiger partial charge in [0.15, 0.2) is 5.78 Å². The fourth-order valence-electron chi connectivity index (χ4n) is 7.92. The smallest absolute Gasteiger partial charge is 0.297 e. The van der Waals surface area contributed by atoms with Gasteiger partial charge in [0.05, 0.1) is 33.8 Å². The maximum absolute atomic E-state index is 14.6. The van der Waals surface area contributed by atoms with E-state index >= 15 is 0 Å². The zero-order valence-corrected chi connectivity index (χ0v) is 29.9. The number of carbonyl (C=O) groups is 3. The van der Waals surface area contributed by atoms with Crippen molar-refractivity contribution in [3.05, 3.63) is 72.3 Å². The van der Waals surface area contributed by atoms with Crippen LogP contribution in [0.5, 0.6) is 6.01 Å². The predicted molar refractivity (Wildman–Crippen MR) is 191 cm³/mol. The molecule has 4 aliphatic rings. The summed E-state index contributed by atoms with van der Waals surface area (Å²) in [6, 6.07) is 17.4. The zero-order valence-electron chi connectivity index (χ0n) is 29.1. The quantitative estimate of drug-likeness (QED) is 0.297. The third kappa shape index (κ3) is 6.73. The molecule has 0 radical (unpaired) electrons. The number of aromatic nitrogens is 2. The molecule has 7 rings (SSSR count). The second kappa shape index (κ2) is 13.6. The summed E-state index contributed by atoms with van der Waals surface area (Å²) in [5, 5.41) is 0. The van der Waals surface area contributed by atoms with E-state index in [9.17, 15) is 22.8 Å². The second-order valence-corrected chi connectivity index (χ2v) is 17.3. The highest BCUT2D eigenvalue weighted by molar-refractivity contribution is 7.91. The molecule has 3 aromatic rings. The van der Waals surface area contributed by atoms with Crippen molar-refractivity contribution >= 4 is 38.7 Å². The van der Waals surface area contributed by atoms with Crippen LogP contribution in [0.25, 0.3) is 11.0 Å². The Morgan fingerprint density at radius 3 is 2.56 bits per heavy atom. The third-order valence-electron chi connectivity index (χ3n) is 11.5. The Hall–Kier alpha value is -3.99. The summed E-state index contributed by atoms with van der Waals surface area (Å²) in [7, 11) is -3.88. The first-order valence-electron chi connectivity index (χ1n) is 18.3. The highest BCUT2D eigenvalue weighted by Gasteiger charge is 2.62. The molecule has 2 amide bonds. The Morgan fingerprint density at radius 1 is 1.04 bits per heavy atom. The first-order chi connectivity index (χ1) is 24.0. The predicted octanol–water partition coefficient (Wildman–Crippen LogP) is 5.75. The van der Waals surface area contributed by atoms with E-state index in [1.54, 1.807) is 11.8 Å². The van der Waals surface area contributed by atoms with Crippen molar-refractivity contribution in [1.82, 2.24) is 19.2 Å².